The van der Waals surface area contributed by atoms with Crippen molar-refractivity contribution in [2.24, 2.45) is 7.05 Å². The summed E-state index contributed by atoms with van der Waals surface area (Å²) in [6.07, 6.45) is -0.838. The minimum absolute atomic E-state index is 0. The number of hydrogen-bond acceptors (Lipinski definition) is 2. The molecule has 0 bridgehead atoms. The molecule has 5 rings (SSSR count). The van der Waals surface area contributed by atoms with Crippen LogP contribution in [0.25, 0.3) is 33.7 Å². The molecule has 150 valence electrons. The van der Waals surface area contributed by atoms with Gasteiger partial charge >= 0.3 is 35.7 Å². The Morgan fingerprint density at radius 2 is 1.83 bits per heavy atom. The van der Waals surface area contributed by atoms with Crippen molar-refractivity contribution in [2.75, 3.05) is 0 Å². The Morgan fingerprint density at radius 1 is 1.07 bits per heavy atom. The molecule has 2 aromatic heterocycles. The maximum atomic E-state index is 13.4. The van der Waals surface area contributed by atoms with E-state index in [2.05, 4.69) is 21.1 Å². The van der Waals surface area contributed by atoms with Gasteiger partial charge in [-0.15, -0.1) is 0 Å². The number of nitrogens with zero attached hydrogens (tertiary/aromatic N) is 3. The van der Waals surface area contributed by atoms with E-state index in [0.29, 0.717) is 22.8 Å². The van der Waals surface area contributed by atoms with E-state index in [-0.39, 0.29) is 35.1 Å². The molecule has 0 radical (unpaired) electrons. The molecule has 0 spiro atoms. The number of imidazole rings is 1. The van der Waals surface area contributed by atoms with E-state index in [9.17, 15) is 13.2 Å². The topological polar surface area (TPSA) is 46.5 Å². The fourth-order valence-electron chi connectivity index (χ4n) is 3.89. The van der Waals surface area contributed by atoms with Gasteiger partial charge in [0, 0.05) is 13.0 Å². The molecule has 4 nitrogen and oxygen atoms in total. The monoisotopic (exact) mass is 420 g/mol. The van der Waals surface area contributed by atoms with Gasteiger partial charge in [0.15, 0.2) is 5.82 Å². The van der Waals surface area contributed by atoms with Crippen molar-refractivity contribution in [3.63, 3.8) is 0 Å². The molecule has 1 saturated carbocycles. The van der Waals surface area contributed by atoms with Crippen molar-refractivity contribution in [2.45, 2.75) is 31.4 Å². The van der Waals surface area contributed by atoms with Crippen LogP contribution in [0.4, 0.5) is 13.2 Å². The van der Waals surface area contributed by atoms with Crippen LogP contribution in [-0.2, 0) is 13.2 Å². The second kappa shape index (κ2) is 7.87. The first-order chi connectivity index (χ1) is 13.9. The summed E-state index contributed by atoms with van der Waals surface area (Å²) in [5.74, 6) is 1.19. The van der Waals surface area contributed by atoms with Crippen LogP contribution in [0.3, 0.4) is 0 Å². The summed E-state index contributed by atoms with van der Waals surface area (Å²) in [5.41, 5.74) is 3.35. The summed E-state index contributed by atoms with van der Waals surface area (Å²) in [6, 6.07) is 12.8. The number of hydrogen-bond donors (Lipinski definition) is 1. The molecule has 2 heterocycles. The van der Waals surface area contributed by atoms with Gasteiger partial charge in [0.25, 0.3) is 0 Å². The molecule has 0 amide bonds. The van der Waals surface area contributed by atoms with Gasteiger partial charge < -0.3 is 4.98 Å². The fourth-order valence-corrected chi connectivity index (χ4v) is 3.89. The molecule has 1 aliphatic rings. The number of nitrogens with one attached hydrogen (secondary N) is 1. The Balaban J connectivity index is 0.00000218. The van der Waals surface area contributed by atoms with Crippen molar-refractivity contribution in [3.8, 4) is 22.6 Å². The first-order valence-corrected chi connectivity index (χ1v) is 9.61. The Bertz CT molecular complexity index is 1200. The first kappa shape index (κ1) is 21.2. The quantitative estimate of drug-likeness (QED) is 0.459. The Kier molecular flexibility index (Phi) is 5.55. The van der Waals surface area contributed by atoms with Gasteiger partial charge in [0.1, 0.15) is 5.69 Å². The number of aromatic amines is 1. The van der Waals surface area contributed by atoms with E-state index in [0.717, 1.165) is 23.0 Å². The number of halogens is 3. The summed E-state index contributed by atoms with van der Waals surface area (Å²) in [5, 5.41) is 4.61. The van der Waals surface area contributed by atoms with Crippen LogP contribution >= 0.6 is 0 Å². The van der Waals surface area contributed by atoms with Crippen LogP contribution < -0.4 is 0 Å². The summed E-state index contributed by atoms with van der Waals surface area (Å²) in [7, 11) is 1.88. The average Bonchev–Trinajstić information content (AvgIpc) is 3.22. The third-order valence-corrected chi connectivity index (χ3v) is 5.69. The molecular formula is C22H20F3N4Na. The molecule has 1 aliphatic carbocycles. The van der Waals surface area contributed by atoms with E-state index in [1.807, 2.05) is 11.7 Å². The molecule has 0 saturated heterocycles. The number of rotatable bonds is 3. The molecular weight excluding hydrogens is 400 g/mol. The molecule has 8 heteroatoms. The van der Waals surface area contributed by atoms with Crippen LogP contribution in [0.2, 0.25) is 0 Å². The SMILES string of the molecule is Cn1nc(C2CCC2)cc1-c1nc2cc(-c3ccccc3C(F)(F)F)ccc2[nH]1.[NaH]. The zero-order chi connectivity index (χ0) is 20.2. The average molecular weight is 420 g/mol. The van der Waals surface area contributed by atoms with Gasteiger partial charge in [-0.1, -0.05) is 30.7 Å². The fraction of sp³-hybridized carbons (Fsp3) is 0.273. The number of benzene rings is 2. The summed E-state index contributed by atoms with van der Waals surface area (Å²) in [6.45, 7) is 0. The van der Waals surface area contributed by atoms with Crippen LogP contribution in [0, 0.1) is 0 Å². The number of fused-ring (bicyclic) bond motifs is 1. The molecule has 2 aromatic carbocycles. The molecule has 30 heavy (non-hydrogen) atoms. The minimum atomic E-state index is -4.41. The van der Waals surface area contributed by atoms with Gasteiger partial charge in [-0.2, -0.15) is 18.3 Å². The van der Waals surface area contributed by atoms with E-state index in [1.165, 1.54) is 31.4 Å². The molecule has 1 N–H and O–H groups in total. The van der Waals surface area contributed by atoms with Crippen molar-refractivity contribution >= 4 is 40.6 Å². The Hall–Kier alpha value is -2.09. The predicted molar refractivity (Wildman–Crippen MR) is 112 cm³/mol. The van der Waals surface area contributed by atoms with E-state index in [1.54, 1.807) is 24.3 Å². The van der Waals surface area contributed by atoms with E-state index >= 15 is 0 Å². The van der Waals surface area contributed by atoms with Gasteiger partial charge in [-0.3, -0.25) is 4.68 Å². The molecule has 0 aliphatic heterocycles. The van der Waals surface area contributed by atoms with Crippen molar-refractivity contribution in [3.05, 3.63) is 59.8 Å². The Morgan fingerprint density at radius 3 is 2.53 bits per heavy atom. The molecule has 4 aromatic rings. The van der Waals surface area contributed by atoms with Crippen LogP contribution in [0.1, 0.15) is 36.4 Å². The van der Waals surface area contributed by atoms with Crippen molar-refractivity contribution < 1.29 is 13.2 Å². The second-order valence-corrected chi connectivity index (χ2v) is 7.57. The standard InChI is InChI=1S/C22H19F3N4.Na.H/c1-29-20(12-18(28-29)13-5-4-6-13)21-26-17-10-9-14(11-19(17)27-21)15-7-2-3-8-16(15)22(23,24)25;;/h2-3,7-13H,4-6H2,1H3,(H,26,27);;. The first-order valence-electron chi connectivity index (χ1n) is 9.61. The number of alkyl halides is 3. The molecule has 1 fully saturated rings. The van der Waals surface area contributed by atoms with Crippen LogP contribution in [0.5, 0.6) is 0 Å². The van der Waals surface area contributed by atoms with Crippen molar-refractivity contribution in [1.29, 1.82) is 0 Å². The van der Waals surface area contributed by atoms with Crippen molar-refractivity contribution in [1.82, 2.24) is 19.7 Å². The molecule has 0 unspecified atom stereocenters. The number of aromatic nitrogens is 4. The number of aryl methyl sites for hydroxylation is 1. The van der Waals surface area contributed by atoms with Gasteiger partial charge in [-0.25, -0.2) is 4.98 Å². The normalized spacial score (nSPS) is 14.5. The Labute approximate surface area is 193 Å². The van der Waals surface area contributed by atoms with Crippen LogP contribution in [0.15, 0.2) is 48.5 Å². The molecule has 0 atom stereocenters. The van der Waals surface area contributed by atoms with Gasteiger partial charge in [0.05, 0.1) is 22.3 Å². The van der Waals surface area contributed by atoms with Gasteiger partial charge in [0.2, 0.25) is 0 Å². The summed E-state index contributed by atoms with van der Waals surface area (Å²) >= 11 is 0. The summed E-state index contributed by atoms with van der Waals surface area (Å²) < 4.78 is 42.0. The maximum absolute atomic E-state index is 13.4. The van der Waals surface area contributed by atoms with E-state index < -0.39 is 11.7 Å². The van der Waals surface area contributed by atoms with E-state index in [4.69, 9.17) is 0 Å². The predicted octanol–water partition coefficient (Wildman–Crippen LogP) is 5.27. The summed E-state index contributed by atoms with van der Waals surface area (Å²) in [4.78, 5) is 7.91. The third-order valence-electron chi connectivity index (χ3n) is 5.69. The zero-order valence-electron chi connectivity index (χ0n) is 15.8. The zero-order valence-corrected chi connectivity index (χ0v) is 15.8. The second-order valence-electron chi connectivity index (χ2n) is 7.57. The van der Waals surface area contributed by atoms with Crippen LogP contribution in [-0.4, -0.2) is 49.3 Å². The van der Waals surface area contributed by atoms with Gasteiger partial charge in [-0.05, 0) is 48.2 Å². The number of H-pyrrole nitrogens is 1. The third kappa shape index (κ3) is 3.70.